The number of carbonyl (C=O) groups is 1. The molecule has 0 spiro atoms. The highest BCUT2D eigenvalue weighted by molar-refractivity contribution is 6.30. The normalized spacial score (nSPS) is 13.9. The molecule has 1 aliphatic rings. The van der Waals surface area contributed by atoms with Gasteiger partial charge in [-0.3, -0.25) is 4.79 Å². The molecule has 1 N–H and O–H groups in total. The summed E-state index contributed by atoms with van der Waals surface area (Å²) >= 11 is 5.85. The van der Waals surface area contributed by atoms with Crippen molar-refractivity contribution in [2.75, 3.05) is 5.32 Å². The molecule has 0 bridgehead atoms. The highest BCUT2D eigenvalue weighted by Crippen LogP contribution is 2.26. The van der Waals surface area contributed by atoms with Gasteiger partial charge in [0.25, 0.3) is 0 Å². The van der Waals surface area contributed by atoms with Crippen LogP contribution in [0.15, 0.2) is 48.5 Å². The Morgan fingerprint density at radius 3 is 2.76 bits per heavy atom. The number of hydrogen-bond acceptors (Lipinski definition) is 3. The van der Waals surface area contributed by atoms with E-state index < -0.39 is 11.7 Å². The molecule has 2 aromatic carbocycles. The molecule has 3 aromatic rings. The van der Waals surface area contributed by atoms with Gasteiger partial charge in [-0.15, -0.1) is 10.2 Å². The second kappa shape index (κ2) is 8.57. The quantitative estimate of drug-likeness (QED) is 0.607. The third kappa shape index (κ3) is 4.54. The van der Waals surface area contributed by atoms with E-state index in [1.165, 1.54) is 12.1 Å². The average molecular weight is 411 g/mol. The first kappa shape index (κ1) is 19.3. The first-order valence-electron chi connectivity index (χ1n) is 9.57. The Labute approximate surface area is 173 Å². The molecular weight excluding hydrogens is 391 g/mol. The van der Waals surface area contributed by atoms with Crippen LogP contribution < -0.4 is 5.32 Å². The van der Waals surface area contributed by atoms with Crippen molar-refractivity contribution in [1.29, 1.82) is 0 Å². The van der Waals surface area contributed by atoms with E-state index >= 15 is 0 Å². The molecule has 0 unspecified atom stereocenters. The number of carbonyl (C=O) groups excluding carboxylic acids is 1. The summed E-state index contributed by atoms with van der Waals surface area (Å²) in [7, 11) is 0. The van der Waals surface area contributed by atoms with E-state index in [4.69, 9.17) is 11.6 Å². The minimum Gasteiger partial charge on any atom is -0.320 e. The first-order chi connectivity index (χ1) is 14.1. The lowest BCUT2D eigenvalue weighted by atomic mass is 10.1. The third-order valence-electron chi connectivity index (χ3n) is 4.89. The highest BCUT2D eigenvalue weighted by atomic mass is 35.5. The summed E-state index contributed by atoms with van der Waals surface area (Å²) in [5, 5.41) is 11.8. The molecule has 148 valence electrons. The van der Waals surface area contributed by atoms with E-state index in [0.29, 0.717) is 10.8 Å². The zero-order chi connectivity index (χ0) is 20.2. The van der Waals surface area contributed by atoms with E-state index in [1.54, 1.807) is 42.5 Å². The number of amides is 1. The van der Waals surface area contributed by atoms with Crippen LogP contribution in [0, 0.1) is 5.82 Å². The lowest BCUT2D eigenvalue weighted by Gasteiger charge is -2.09. The van der Waals surface area contributed by atoms with Crippen LogP contribution >= 0.6 is 11.6 Å². The maximum atomic E-state index is 14.3. The molecule has 1 aliphatic heterocycles. The molecule has 0 aliphatic carbocycles. The Hall–Kier alpha value is -2.99. The zero-order valence-corrected chi connectivity index (χ0v) is 16.5. The van der Waals surface area contributed by atoms with Gasteiger partial charge in [0.2, 0.25) is 5.91 Å². The summed E-state index contributed by atoms with van der Waals surface area (Å²) in [5.41, 5.74) is 1.66. The van der Waals surface area contributed by atoms with Crippen LogP contribution in [0.4, 0.5) is 10.1 Å². The van der Waals surface area contributed by atoms with Gasteiger partial charge in [-0.2, -0.15) is 0 Å². The van der Waals surface area contributed by atoms with Crippen molar-refractivity contribution in [2.45, 2.75) is 32.2 Å². The number of anilines is 1. The molecule has 0 saturated heterocycles. The molecule has 1 amide bonds. The second-order valence-corrected chi connectivity index (χ2v) is 7.41. The van der Waals surface area contributed by atoms with Gasteiger partial charge in [-0.05, 0) is 54.8 Å². The van der Waals surface area contributed by atoms with Crippen LogP contribution in [0.5, 0.6) is 0 Å². The Bertz CT molecular complexity index is 1060. The maximum absolute atomic E-state index is 14.3. The summed E-state index contributed by atoms with van der Waals surface area (Å²) in [6.45, 7) is 0.848. The zero-order valence-electron chi connectivity index (χ0n) is 15.7. The Kier molecular flexibility index (Phi) is 5.71. The number of nitrogens with one attached hydrogen (secondary N) is 1. The molecule has 0 atom stereocenters. The number of hydrogen-bond donors (Lipinski definition) is 1. The maximum Gasteiger partial charge on any atom is 0.248 e. The molecule has 0 radical (unpaired) electrons. The number of halogens is 2. The second-order valence-electron chi connectivity index (χ2n) is 6.97. The predicted molar refractivity (Wildman–Crippen MR) is 112 cm³/mol. The first-order valence-corrected chi connectivity index (χ1v) is 9.94. The van der Waals surface area contributed by atoms with Crippen molar-refractivity contribution in [3.63, 3.8) is 0 Å². The van der Waals surface area contributed by atoms with Crippen LogP contribution in [0.3, 0.4) is 0 Å². The number of aryl methyl sites for hydroxylation is 1. The smallest absolute Gasteiger partial charge is 0.248 e. The highest BCUT2D eigenvalue weighted by Gasteiger charge is 2.17. The van der Waals surface area contributed by atoms with Crippen molar-refractivity contribution in [2.24, 2.45) is 0 Å². The molecule has 4 rings (SSSR count). The van der Waals surface area contributed by atoms with Crippen LogP contribution in [-0.2, 0) is 17.8 Å². The van der Waals surface area contributed by atoms with Crippen molar-refractivity contribution in [3.8, 4) is 11.4 Å². The molecule has 0 fully saturated rings. The fourth-order valence-electron chi connectivity index (χ4n) is 3.38. The number of aromatic nitrogens is 3. The molecule has 2 heterocycles. The summed E-state index contributed by atoms with van der Waals surface area (Å²) in [5.74, 6) is 0.737. The standard InChI is InChI=1S/C22H20ClFN4O/c23-17-9-5-15(6-10-17)7-12-21(29)25-19-14-16(8-11-18(19)24)22-27-26-20-4-2-1-3-13-28(20)22/h5-12,14H,1-4,13H2,(H,25,29)/b12-7+. The van der Waals surface area contributed by atoms with Gasteiger partial charge < -0.3 is 9.88 Å². The fourth-order valence-corrected chi connectivity index (χ4v) is 3.50. The van der Waals surface area contributed by atoms with Gasteiger partial charge in [0.15, 0.2) is 5.82 Å². The number of fused-ring (bicyclic) bond motifs is 1. The van der Waals surface area contributed by atoms with E-state index in [-0.39, 0.29) is 5.69 Å². The summed E-state index contributed by atoms with van der Waals surface area (Å²) < 4.78 is 16.4. The molecule has 0 saturated carbocycles. The van der Waals surface area contributed by atoms with Crippen LogP contribution in [0.1, 0.15) is 30.7 Å². The summed E-state index contributed by atoms with van der Waals surface area (Å²) in [4.78, 5) is 12.3. The summed E-state index contributed by atoms with van der Waals surface area (Å²) in [6, 6.07) is 11.7. The molecule has 5 nitrogen and oxygen atoms in total. The monoisotopic (exact) mass is 410 g/mol. The predicted octanol–water partition coefficient (Wildman–Crippen LogP) is 5.12. The SMILES string of the molecule is O=C(/C=C/c1ccc(Cl)cc1)Nc1cc(-c2nnc3n2CCCCC3)ccc1F. The minimum atomic E-state index is -0.502. The lowest BCUT2D eigenvalue weighted by Crippen LogP contribution is -2.10. The minimum absolute atomic E-state index is 0.110. The van der Waals surface area contributed by atoms with E-state index in [2.05, 4.69) is 20.1 Å². The number of rotatable bonds is 4. The van der Waals surface area contributed by atoms with Crippen molar-refractivity contribution in [3.05, 3.63) is 70.8 Å². The van der Waals surface area contributed by atoms with Crippen molar-refractivity contribution < 1.29 is 9.18 Å². The molecule has 29 heavy (non-hydrogen) atoms. The van der Waals surface area contributed by atoms with E-state index in [9.17, 15) is 9.18 Å². The largest absolute Gasteiger partial charge is 0.320 e. The van der Waals surface area contributed by atoms with Gasteiger partial charge in [-0.1, -0.05) is 30.2 Å². The van der Waals surface area contributed by atoms with E-state index in [0.717, 1.165) is 49.2 Å². The van der Waals surface area contributed by atoms with Crippen LogP contribution in [-0.4, -0.2) is 20.7 Å². The van der Waals surface area contributed by atoms with Gasteiger partial charge >= 0.3 is 0 Å². The lowest BCUT2D eigenvalue weighted by molar-refractivity contribution is -0.111. The van der Waals surface area contributed by atoms with Gasteiger partial charge in [0.05, 0.1) is 5.69 Å². The Morgan fingerprint density at radius 2 is 1.93 bits per heavy atom. The number of benzene rings is 2. The van der Waals surface area contributed by atoms with Crippen LogP contribution in [0.25, 0.3) is 17.5 Å². The van der Waals surface area contributed by atoms with Crippen molar-refractivity contribution >= 4 is 29.3 Å². The fraction of sp³-hybridized carbons (Fsp3) is 0.227. The molecule has 7 heteroatoms. The van der Waals surface area contributed by atoms with Gasteiger partial charge in [0, 0.05) is 29.6 Å². The molecule has 1 aromatic heterocycles. The van der Waals surface area contributed by atoms with E-state index in [1.807, 2.05) is 0 Å². The van der Waals surface area contributed by atoms with Crippen LogP contribution in [0.2, 0.25) is 5.02 Å². The average Bonchev–Trinajstić information content (AvgIpc) is 2.97. The Balaban J connectivity index is 1.54. The van der Waals surface area contributed by atoms with Crippen molar-refractivity contribution in [1.82, 2.24) is 14.8 Å². The van der Waals surface area contributed by atoms with Gasteiger partial charge in [0.1, 0.15) is 11.6 Å². The number of nitrogens with zero attached hydrogens (tertiary/aromatic N) is 3. The third-order valence-corrected chi connectivity index (χ3v) is 5.14. The topological polar surface area (TPSA) is 59.8 Å². The summed E-state index contributed by atoms with van der Waals surface area (Å²) in [6.07, 6.45) is 7.23. The van der Waals surface area contributed by atoms with Gasteiger partial charge in [-0.25, -0.2) is 4.39 Å². The molecular formula is C22H20ClFN4O. The Morgan fingerprint density at radius 1 is 1.10 bits per heavy atom.